The van der Waals surface area contributed by atoms with Gasteiger partial charge in [-0.25, -0.2) is 4.79 Å². The number of rotatable bonds is 6. The number of methoxy groups -OCH3 is 2. The summed E-state index contributed by atoms with van der Waals surface area (Å²) < 4.78 is 9.60. The van der Waals surface area contributed by atoms with Crippen molar-refractivity contribution in [3.8, 4) is 5.75 Å². The van der Waals surface area contributed by atoms with Crippen molar-refractivity contribution in [2.75, 3.05) is 33.2 Å². The van der Waals surface area contributed by atoms with Crippen molar-refractivity contribution in [2.45, 2.75) is 4.90 Å². The Morgan fingerprint density at radius 3 is 2.50 bits per heavy atom. The number of carbonyl (C=O) groups is 1. The fraction of sp³-hybridized carbons (Fsp3) is 0.417. The van der Waals surface area contributed by atoms with Gasteiger partial charge in [-0.2, -0.15) is 0 Å². The lowest BCUT2D eigenvalue weighted by molar-refractivity contribution is 0.0791. The van der Waals surface area contributed by atoms with Gasteiger partial charge in [0.05, 0.1) is 14.2 Å². The monoisotopic (exact) mass is 271 g/mol. The van der Waals surface area contributed by atoms with Crippen LogP contribution in [0.5, 0.6) is 5.75 Å². The molecule has 0 bridgehead atoms. The van der Waals surface area contributed by atoms with Gasteiger partial charge in [0.15, 0.2) is 0 Å². The quantitative estimate of drug-likeness (QED) is 0.631. The summed E-state index contributed by atoms with van der Waals surface area (Å²) in [6, 6.07) is 7.66. The van der Waals surface area contributed by atoms with Crippen molar-refractivity contribution in [3.63, 3.8) is 0 Å². The van der Waals surface area contributed by atoms with Crippen LogP contribution in [0.1, 0.15) is 0 Å². The second kappa shape index (κ2) is 7.84. The average molecular weight is 271 g/mol. The third-order valence-electron chi connectivity index (χ3n) is 2.29. The Morgan fingerprint density at radius 1 is 1.33 bits per heavy atom. The van der Waals surface area contributed by atoms with Crippen LogP contribution in [-0.2, 0) is 4.74 Å². The van der Waals surface area contributed by atoms with Gasteiger partial charge in [-0.05, 0) is 24.3 Å². The lowest BCUT2D eigenvalue weighted by Crippen LogP contribution is -2.33. The lowest BCUT2D eigenvalue weighted by Gasteiger charge is -2.17. The molecule has 0 unspecified atom stereocenters. The van der Waals surface area contributed by atoms with E-state index in [9.17, 15) is 4.79 Å². The number of hydrogen-bond donors (Lipinski definition) is 1. The Hall–Kier alpha value is -1.40. The predicted molar refractivity (Wildman–Crippen MR) is 69.9 cm³/mol. The maximum atomic E-state index is 11.2. The van der Waals surface area contributed by atoms with Crippen molar-refractivity contribution in [3.05, 3.63) is 24.3 Å². The molecule has 0 spiro atoms. The minimum atomic E-state index is -0.521. The molecular weight excluding hydrogens is 254 g/mol. The predicted octanol–water partition coefficient (Wildman–Crippen LogP) is 1.81. The van der Waals surface area contributed by atoms with Crippen LogP contribution in [0, 0.1) is 0 Å². The van der Waals surface area contributed by atoms with E-state index < -0.39 is 6.09 Å². The molecule has 0 fully saturated rings. The highest BCUT2D eigenvalue weighted by molar-refractivity contribution is 7.99. The van der Waals surface area contributed by atoms with Gasteiger partial charge in [-0.15, -0.1) is 11.8 Å². The van der Waals surface area contributed by atoms with E-state index >= 15 is 0 Å². The molecule has 0 heterocycles. The number of aliphatic hydroxyl groups is 1. The van der Waals surface area contributed by atoms with Gasteiger partial charge < -0.3 is 14.6 Å². The van der Waals surface area contributed by atoms with Gasteiger partial charge in [0.1, 0.15) is 12.5 Å². The van der Waals surface area contributed by atoms with Crippen LogP contribution >= 0.6 is 11.8 Å². The minimum Gasteiger partial charge on any atom is -0.497 e. The lowest BCUT2D eigenvalue weighted by atomic mass is 10.3. The maximum absolute atomic E-state index is 11.2. The second-order valence-electron chi connectivity index (χ2n) is 3.40. The molecule has 1 rings (SSSR count). The number of amides is 1. The van der Waals surface area contributed by atoms with E-state index in [-0.39, 0.29) is 6.73 Å². The molecule has 0 aliphatic carbocycles. The molecule has 0 aromatic heterocycles. The van der Waals surface area contributed by atoms with Crippen LogP contribution in [0.4, 0.5) is 4.79 Å². The number of aliphatic hydroxyl groups excluding tert-OH is 1. The standard InChI is InChI=1S/C12H17NO4S/c1-16-10-3-5-11(6-4-10)18-8-7-13(9-14)12(15)17-2/h3-6,14H,7-9H2,1-2H3. The van der Waals surface area contributed by atoms with E-state index in [1.165, 1.54) is 12.0 Å². The molecule has 5 nitrogen and oxygen atoms in total. The van der Waals surface area contributed by atoms with Gasteiger partial charge in [-0.3, -0.25) is 4.90 Å². The van der Waals surface area contributed by atoms with E-state index in [0.29, 0.717) is 12.3 Å². The summed E-state index contributed by atoms with van der Waals surface area (Å²) >= 11 is 1.60. The van der Waals surface area contributed by atoms with E-state index in [4.69, 9.17) is 9.84 Å². The van der Waals surface area contributed by atoms with E-state index in [1.807, 2.05) is 24.3 Å². The molecule has 1 aromatic carbocycles. The van der Waals surface area contributed by atoms with Gasteiger partial charge >= 0.3 is 6.09 Å². The average Bonchev–Trinajstić information content (AvgIpc) is 2.43. The summed E-state index contributed by atoms with van der Waals surface area (Å²) in [4.78, 5) is 13.5. The van der Waals surface area contributed by atoms with Crippen LogP contribution < -0.4 is 4.74 Å². The first-order valence-corrected chi connectivity index (χ1v) is 6.40. The number of hydrogen-bond acceptors (Lipinski definition) is 5. The number of carbonyl (C=O) groups excluding carboxylic acids is 1. The third-order valence-corrected chi connectivity index (χ3v) is 3.29. The zero-order valence-corrected chi connectivity index (χ0v) is 11.3. The molecule has 0 atom stereocenters. The van der Waals surface area contributed by atoms with Crippen molar-refractivity contribution in [2.24, 2.45) is 0 Å². The van der Waals surface area contributed by atoms with Crippen molar-refractivity contribution in [1.29, 1.82) is 0 Å². The molecule has 18 heavy (non-hydrogen) atoms. The Morgan fingerprint density at radius 2 is 2.00 bits per heavy atom. The van der Waals surface area contributed by atoms with Crippen LogP contribution in [-0.4, -0.2) is 49.3 Å². The van der Waals surface area contributed by atoms with Crippen LogP contribution in [0.15, 0.2) is 29.2 Å². The Bertz CT molecular complexity index is 369. The molecule has 0 aliphatic heterocycles. The van der Waals surface area contributed by atoms with E-state index in [1.54, 1.807) is 18.9 Å². The van der Waals surface area contributed by atoms with E-state index in [2.05, 4.69) is 4.74 Å². The normalized spacial score (nSPS) is 9.94. The summed E-state index contributed by atoms with van der Waals surface area (Å²) in [7, 11) is 2.92. The third kappa shape index (κ3) is 4.46. The maximum Gasteiger partial charge on any atom is 0.411 e. The number of nitrogens with zero attached hydrogens (tertiary/aromatic N) is 1. The SMILES string of the molecule is COC(=O)N(CO)CCSc1ccc(OC)cc1. The molecule has 100 valence electrons. The molecular formula is C12H17NO4S. The number of thioether (sulfide) groups is 1. The topological polar surface area (TPSA) is 59.0 Å². The summed E-state index contributed by atoms with van der Waals surface area (Å²) in [6.07, 6.45) is -0.521. The van der Waals surface area contributed by atoms with Crippen molar-refractivity contribution >= 4 is 17.9 Å². The highest BCUT2D eigenvalue weighted by Gasteiger charge is 2.11. The highest BCUT2D eigenvalue weighted by atomic mass is 32.2. The fourth-order valence-corrected chi connectivity index (χ4v) is 2.17. The largest absolute Gasteiger partial charge is 0.497 e. The number of ether oxygens (including phenoxy) is 2. The number of benzene rings is 1. The van der Waals surface area contributed by atoms with Crippen LogP contribution in [0.25, 0.3) is 0 Å². The summed E-state index contributed by atoms with van der Waals surface area (Å²) in [5.41, 5.74) is 0. The summed E-state index contributed by atoms with van der Waals surface area (Å²) in [6.45, 7) is 0.0930. The Balaban J connectivity index is 2.37. The fourth-order valence-electron chi connectivity index (χ4n) is 1.29. The highest BCUT2D eigenvalue weighted by Crippen LogP contribution is 2.21. The zero-order chi connectivity index (χ0) is 13.4. The summed E-state index contributed by atoms with van der Waals surface area (Å²) in [5, 5.41) is 8.99. The molecule has 0 saturated carbocycles. The molecule has 1 N–H and O–H groups in total. The zero-order valence-electron chi connectivity index (χ0n) is 10.5. The van der Waals surface area contributed by atoms with Gasteiger partial charge in [0, 0.05) is 17.2 Å². The van der Waals surface area contributed by atoms with Gasteiger partial charge in [0.25, 0.3) is 0 Å². The Kier molecular flexibility index (Phi) is 6.38. The molecule has 0 saturated heterocycles. The molecule has 6 heteroatoms. The van der Waals surface area contributed by atoms with Crippen molar-refractivity contribution in [1.82, 2.24) is 4.90 Å². The first-order valence-electron chi connectivity index (χ1n) is 5.42. The first kappa shape index (κ1) is 14.7. The summed E-state index contributed by atoms with van der Waals surface area (Å²) in [5.74, 6) is 1.49. The molecule has 1 aromatic rings. The van der Waals surface area contributed by atoms with Crippen LogP contribution in [0.3, 0.4) is 0 Å². The van der Waals surface area contributed by atoms with Crippen LogP contribution in [0.2, 0.25) is 0 Å². The van der Waals surface area contributed by atoms with E-state index in [0.717, 1.165) is 10.6 Å². The first-order chi connectivity index (χ1) is 8.71. The van der Waals surface area contributed by atoms with Gasteiger partial charge in [0.2, 0.25) is 0 Å². The Labute approximate surface area is 111 Å². The smallest absolute Gasteiger partial charge is 0.411 e. The molecule has 0 radical (unpaired) electrons. The minimum absolute atomic E-state index is 0.337. The molecule has 0 aliphatic rings. The second-order valence-corrected chi connectivity index (χ2v) is 4.57. The van der Waals surface area contributed by atoms with Crippen molar-refractivity contribution < 1.29 is 19.4 Å². The molecule has 1 amide bonds. The van der Waals surface area contributed by atoms with Gasteiger partial charge in [-0.1, -0.05) is 0 Å².